The van der Waals surface area contributed by atoms with Gasteiger partial charge in [-0.15, -0.1) is 0 Å². The maximum atomic E-state index is 5.88. The normalized spacial score (nSPS) is 12.1. The average molecular weight is 227 g/mol. The highest BCUT2D eigenvalue weighted by Crippen LogP contribution is 2.22. The molecule has 17 heavy (non-hydrogen) atoms. The monoisotopic (exact) mass is 227 g/mol. The Bertz CT molecular complexity index is 494. The van der Waals surface area contributed by atoms with Crippen molar-refractivity contribution in [2.75, 3.05) is 11.1 Å². The zero-order valence-electron chi connectivity index (χ0n) is 10.1. The van der Waals surface area contributed by atoms with Crippen molar-refractivity contribution >= 4 is 11.4 Å². The summed E-state index contributed by atoms with van der Waals surface area (Å²) in [6, 6.07) is 10.2. The summed E-state index contributed by atoms with van der Waals surface area (Å²) in [6.45, 7) is 4.11. The van der Waals surface area contributed by atoms with Crippen LogP contribution in [0.25, 0.3) is 0 Å². The standard InChI is InChI=1S/C14H17N3/c1-10-5-6-13(8-14(10)15)17-11(2)12-4-3-7-16-9-12/h3-9,11,17H,15H2,1-2H3. The van der Waals surface area contributed by atoms with E-state index < -0.39 is 0 Å². The van der Waals surface area contributed by atoms with Gasteiger partial charge in [0.15, 0.2) is 0 Å². The lowest BCUT2D eigenvalue weighted by Crippen LogP contribution is -2.07. The molecule has 0 aliphatic carbocycles. The van der Waals surface area contributed by atoms with Gasteiger partial charge >= 0.3 is 0 Å². The Morgan fingerprint density at radius 3 is 2.76 bits per heavy atom. The van der Waals surface area contributed by atoms with Gasteiger partial charge in [-0.05, 0) is 43.2 Å². The molecule has 0 aliphatic heterocycles. The lowest BCUT2D eigenvalue weighted by Gasteiger charge is -2.16. The molecule has 1 unspecified atom stereocenters. The molecule has 0 radical (unpaired) electrons. The summed E-state index contributed by atoms with van der Waals surface area (Å²) >= 11 is 0. The molecule has 88 valence electrons. The summed E-state index contributed by atoms with van der Waals surface area (Å²) in [6.07, 6.45) is 3.65. The number of nitrogens with zero attached hydrogens (tertiary/aromatic N) is 1. The molecule has 0 fully saturated rings. The number of aryl methyl sites for hydroxylation is 1. The van der Waals surface area contributed by atoms with Crippen molar-refractivity contribution in [3.63, 3.8) is 0 Å². The molecule has 0 saturated heterocycles. The Kier molecular flexibility index (Phi) is 3.28. The van der Waals surface area contributed by atoms with Crippen molar-refractivity contribution in [1.29, 1.82) is 0 Å². The Morgan fingerprint density at radius 1 is 1.29 bits per heavy atom. The maximum absolute atomic E-state index is 5.88. The summed E-state index contributed by atoms with van der Waals surface area (Å²) in [7, 11) is 0. The Hall–Kier alpha value is -2.03. The van der Waals surface area contributed by atoms with Crippen LogP contribution < -0.4 is 11.1 Å². The van der Waals surface area contributed by atoms with E-state index in [2.05, 4.69) is 23.3 Å². The van der Waals surface area contributed by atoms with Crippen LogP contribution in [0.15, 0.2) is 42.7 Å². The van der Waals surface area contributed by atoms with E-state index in [1.807, 2.05) is 37.4 Å². The van der Waals surface area contributed by atoms with Gasteiger partial charge in [0.05, 0.1) is 6.04 Å². The first-order valence-electron chi connectivity index (χ1n) is 5.69. The highest BCUT2D eigenvalue weighted by atomic mass is 14.9. The van der Waals surface area contributed by atoms with Crippen LogP contribution in [0.5, 0.6) is 0 Å². The quantitative estimate of drug-likeness (QED) is 0.792. The number of anilines is 2. The molecule has 0 spiro atoms. The zero-order valence-corrected chi connectivity index (χ0v) is 10.1. The highest BCUT2D eigenvalue weighted by molar-refractivity contribution is 5.59. The number of nitrogen functional groups attached to an aromatic ring is 1. The van der Waals surface area contributed by atoms with Crippen molar-refractivity contribution < 1.29 is 0 Å². The van der Waals surface area contributed by atoms with Crippen LogP contribution in [0, 0.1) is 6.92 Å². The number of hydrogen-bond donors (Lipinski definition) is 2. The number of nitrogens with one attached hydrogen (secondary N) is 1. The lowest BCUT2D eigenvalue weighted by atomic mass is 10.1. The third kappa shape index (κ3) is 2.75. The number of pyridine rings is 1. The van der Waals surface area contributed by atoms with Gasteiger partial charge < -0.3 is 11.1 Å². The second kappa shape index (κ2) is 4.87. The number of aromatic nitrogens is 1. The first-order chi connectivity index (χ1) is 8.16. The molecule has 2 rings (SSSR count). The average Bonchev–Trinajstić information content (AvgIpc) is 2.35. The topological polar surface area (TPSA) is 50.9 Å². The molecule has 3 heteroatoms. The zero-order chi connectivity index (χ0) is 12.3. The minimum atomic E-state index is 0.214. The van der Waals surface area contributed by atoms with E-state index in [1.165, 1.54) is 0 Å². The largest absolute Gasteiger partial charge is 0.398 e. The predicted molar refractivity (Wildman–Crippen MR) is 71.9 cm³/mol. The fourth-order valence-corrected chi connectivity index (χ4v) is 1.70. The van der Waals surface area contributed by atoms with Crippen LogP contribution in [0.2, 0.25) is 0 Å². The first kappa shape index (κ1) is 11.5. The van der Waals surface area contributed by atoms with Crippen LogP contribution in [0.1, 0.15) is 24.1 Å². The van der Waals surface area contributed by atoms with E-state index in [4.69, 9.17) is 5.73 Å². The molecule has 1 atom stereocenters. The summed E-state index contributed by atoms with van der Waals surface area (Å²) in [5.74, 6) is 0. The van der Waals surface area contributed by atoms with Gasteiger partial charge in [-0.3, -0.25) is 4.98 Å². The SMILES string of the molecule is Cc1ccc(NC(C)c2cccnc2)cc1N. The fraction of sp³-hybridized carbons (Fsp3) is 0.214. The summed E-state index contributed by atoms with van der Waals surface area (Å²) in [5, 5.41) is 3.41. The minimum Gasteiger partial charge on any atom is -0.398 e. The number of rotatable bonds is 3. The molecule has 0 saturated carbocycles. The highest BCUT2D eigenvalue weighted by Gasteiger charge is 2.05. The number of nitrogens with two attached hydrogens (primary N) is 1. The predicted octanol–water partition coefficient (Wildman–Crippen LogP) is 3.15. The number of hydrogen-bond acceptors (Lipinski definition) is 3. The first-order valence-corrected chi connectivity index (χ1v) is 5.69. The van der Waals surface area contributed by atoms with E-state index in [1.54, 1.807) is 6.20 Å². The second-order valence-corrected chi connectivity index (χ2v) is 4.22. The molecule has 0 amide bonds. The Balaban J connectivity index is 2.13. The Labute approximate surface area is 102 Å². The van der Waals surface area contributed by atoms with Crippen LogP contribution >= 0.6 is 0 Å². The molecule has 3 nitrogen and oxygen atoms in total. The van der Waals surface area contributed by atoms with Crippen molar-refractivity contribution in [3.05, 3.63) is 53.9 Å². The maximum Gasteiger partial charge on any atom is 0.0500 e. The van der Waals surface area contributed by atoms with Crippen LogP contribution in [-0.4, -0.2) is 4.98 Å². The van der Waals surface area contributed by atoms with E-state index in [9.17, 15) is 0 Å². The van der Waals surface area contributed by atoms with Crippen molar-refractivity contribution in [1.82, 2.24) is 4.98 Å². The van der Waals surface area contributed by atoms with Gasteiger partial charge in [0.25, 0.3) is 0 Å². The van der Waals surface area contributed by atoms with Crippen LogP contribution in [0.4, 0.5) is 11.4 Å². The van der Waals surface area contributed by atoms with Gasteiger partial charge in [0.2, 0.25) is 0 Å². The van der Waals surface area contributed by atoms with Crippen molar-refractivity contribution in [2.45, 2.75) is 19.9 Å². The van der Waals surface area contributed by atoms with Gasteiger partial charge in [-0.25, -0.2) is 0 Å². The lowest BCUT2D eigenvalue weighted by molar-refractivity contribution is 0.876. The molecule has 3 N–H and O–H groups in total. The summed E-state index contributed by atoms with van der Waals surface area (Å²) in [4.78, 5) is 4.11. The van der Waals surface area contributed by atoms with Crippen molar-refractivity contribution in [3.8, 4) is 0 Å². The van der Waals surface area contributed by atoms with E-state index in [0.717, 1.165) is 22.5 Å². The van der Waals surface area contributed by atoms with Crippen LogP contribution in [0.3, 0.4) is 0 Å². The third-order valence-electron chi connectivity index (χ3n) is 2.85. The fourth-order valence-electron chi connectivity index (χ4n) is 1.70. The smallest absolute Gasteiger partial charge is 0.0500 e. The number of benzene rings is 1. The Morgan fingerprint density at radius 2 is 2.12 bits per heavy atom. The molecule has 0 bridgehead atoms. The van der Waals surface area contributed by atoms with E-state index in [0.29, 0.717) is 0 Å². The van der Waals surface area contributed by atoms with Crippen molar-refractivity contribution in [2.24, 2.45) is 0 Å². The minimum absolute atomic E-state index is 0.214. The summed E-state index contributed by atoms with van der Waals surface area (Å²) in [5.41, 5.74) is 9.99. The van der Waals surface area contributed by atoms with E-state index in [-0.39, 0.29) is 6.04 Å². The summed E-state index contributed by atoms with van der Waals surface area (Å²) < 4.78 is 0. The van der Waals surface area contributed by atoms with Gasteiger partial charge in [-0.1, -0.05) is 12.1 Å². The molecule has 2 aromatic rings. The molecule has 1 heterocycles. The molecular formula is C14H17N3. The third-order valence-corrected chi connectivity index (χ3v) is 2.85. The van der Waals surface area contributed by atoms with E-state index >= 15 is 0 Å². The second-order valence-electron chi connectivity index (χ2n) is 4.22. The van der Waals surface area contributed by atoms with Crippen LogP contribution in [-0.2, 0) is 0 Å². The molecule has 0 aliphatic rings. The van der Waals surface area contributed by atoms with Gasteiger partial charge in [0, 0.05) is 23.8 Å². The van der Waals surface area contributed by atoms with Gasteiger partial charge in [-0.2, -0.15) is 0 Å². The molecule has 1 aromatic heterocycles. The molecule has 1 aromatic carbocycles. The molecular weight excluding hydrogens is 210 g/mol. The van der Waals surface area contributed by atoms with Gasteiger partial charge in [0.1, 0.15) is 0 Å².